The van der Waals surface area contributed by atoms with Gasteiger partial charge in [0.1, 0.15) is 0 Å². The minimum absolute atomic E-state index is 0. The van der Waals surface area contributed by atoms with Crippen LogP contribution in [0.15, 0.2) is 158 Å². The van der Waals surface area contributed by atoms with Crippen molar-refractivity contribution in [2.45, 2.75) is 0 Å². The summed E-state index contributed by atoms with van der Waals surface area (Å²) in [5.41, 5.74) is 6.75. The molecule has 37 heavy (non-hydrogen) atoms. The summed E-state index contributed by atoms with van der Waals surface area (Å²) in [5, 5.41) is 0. The molecule has 3 aromatic heterocycles. The minimum Gasteiger partial charge on any atom is -0.305 e. The number of benzene rings is 3. The maximum Gasteiger partial charge on any atom is 0.210 e. The van der Waals surface area contributed by atoms with Gasteiger partial charge in [0, 0.05) is 61.7 Å². The smallest absolute Gasteiger partial charge is 0.210 e. The van der Waals surface area contributed by atoms with Crippen LogP contribution in [0.5, 0.6) is 0 Å². The second-order valence-electron chi connectivity index (χ2n) is 7.78. The van der Waals surface area contributed by atoms with Gasteiger partial charge in [0.05, 0.1) is 0 Å². The molecule has 0 bridgehead atoms. The molecule has 183 valence electrons. The van der Waals surface area contributed by atoms with Crippen LogP contribution in [0.2, 0.25) is 0 Å². The molecule has 6 rings (SSSR count). The molecule has 3 aromatic carbocycles. The molecule has 0 aliphatic heterocycles. The molecule has 0 saturated heterocycles. The number of aromatic amines is 2. The van der Waals surface area contributed by atoms with Crippen LogP contribution in [0, 0.1) is 6.07 Å². The van der Waals surface area contributed by atoms with E-state index in [0.29, 0.717) is 0 Å². The summed E-state index contributed by atoms with van der Waals surface area (Å²) in [5.74, 6) is 0. The summed E-state index contributed by atoms with van der Waals surface area (Å²) in [6.45, 7) is 0. The van der Waals surface area contributed by atoms with Crippen molar-refractivity contribution in [2.75, 3.05) is 0 Å². The van der Waals surface area contributed by atoms with Crippen molar-refractivity contribution in [1.29, 1.82) is 0 Å². The fourth-order valence-electron chi connectivity index (χ4n) is 3.46. The zero-order valence-corrected chi connectivity index (χ0v) is 22.7. The molecule has 0 spiro atoms. The number of hydrogen-bond acceptors (Lipinski definition) is 1. The second kappa shape index (κ2) is 15.7. The maximum absolute atomic E-state index is 4.22. The number of rotatable bonds is 3. The third-order valence-electron chi connectivity index (χ3n) is 5.24. The summed E-state index contributed by atoms with van der Waals surface area (Å²) in [6.07, 6.45) is 5.65. The average molecular weight is 659 g/mol. The van der Waals surface area contributed by atoms with E-state index in [0.717, 1.165) is 22.6 Å². The molecule has 0 atom stereocenters. The van der Waals surface area contributed by atoms with Gasteiger partial charge in [0.2, 0.25) is 11.4 Å². The molecule has 4 heteroatoms. The van der Waals surface area contributed by atoms with E-state index in [2.05, 4.69) is 57.4 Å². The van der Waals surface area contributed by atoms with Crippen LogP contribution in [0.25, 0.3) is 33.8 Å². The summed E-state index contributed by atoms with van der Waals surface area (Å²) in [6, 6.07) is 49.5. The normalized spacial score (nSPS) is 9.41. The summed E-state index contributed by atoms with van der Waals surface area (Å²) < 4.78 is 0. The van der Waals surface area contributed by atoms with Crippen LogP contribution in [0.4, 0.5) is 0 Å². The van der Waals surface area contributed by atoms with Crippen LogP contribution in [-0.4, -0.2) is 4.98 Å². The maximum atomic E-state index is 4.22. The summed E-state index contributed by atoms with van der Waals surface area (Å²) >= 11 is 0. The van der Waals surface area contributed by atoms with Crippen molar-refractivity contribution in [2.24, 2.45) is 0 Å². The number of pyridine rings is 3. The van der Waals surface area contributed by atoms with E-state index in [1.54, 1.807) is 6.20 Å². The average Bonchev–Trinajstić information content (AvgIpc) is 3.01. The zero-order valence-electron chi connectivity index (χ0n) is 20.3. The van der Waals surface area contributed by atoms with Gasteiger partial charge in [-0.05, 0) is 48.2 Å². The van der Waals surface area contributed by atoms with E-state index in [9.17, 15) is 0 Å². The van der Waals surface area contributed by atoms with Crippen LogP contribution in [0.1, 0.15) is 0 Å². The number of nitrogens with one attached hydrogen (secondary N) is 2. The van der Waals surface area contributed by atoms with Crippen molar-refractivity contribution in [3.05, 3.63) is 164 Å². The Morgan fingerprint density at radius 3 is 1.43 bits per heavy atom. The topological polar surface area (TPSA) is 41.2 Å². The van der Waals surface area contributed by atoms with E-state index in [1.165, 1.54) is 11.1 Å². The Morgan fingerprint density at radius 1 is 0.486 bits per heavy atom. The standard InChI is InChI=1S/2C11H9N.C11H8N.Ir/c3*1-2-6-10(7-3-1)11-8-4-5-9-12-11;/h2*1-9H;1-6,8-9H;/q;;-1;/p+2. The van der Waals surface area contributed by atoms with Crippen LogP contribution in [-0.2, 0) is 20.1 Å². The molecule has 0 unspecified atom stereocenters. The third-order valence-corrected chi connectivity index (χ3v) is 5.24. The first-order valence-electron chi connectivity index (χ1n) is 11.8. The van der Waals surface area contributed by atoms with Gasteiger partial charge in [0.25, 0.3) is 0 Å². The Labute approximate surface area is 232 Å². The number of aromatic nitrogens is 3. The van der Waals surface area contributed by atoms with Gasteiger partial charge < -0.3 is 4.98 Å². The predicted octanol–water partition coefficient (Wildman–Crippen LogP) is 6.88. The first-order chi connectivity index (χ1) is 17.9. The Morgan fingerprint density at radius 2 is 1.00 bits per heavy atom. The molecule has 6 aromatic rings. The van der Waals surface area contributed by atoms with Crippen LogP contribution in [0.3, 0.4) is 0 Å². The van der Waals surface area contributed by atoms with Crippen molar-refractivity contribution in [3.8, 4) is 33.8 Å². The zero-order chi connectivity index (χ0) is 24.7. The van der Waals surface area contributed by atoms with E-state index in [4.69, 9.17) is 0 Å². The Balaban J connectivity index is 0.000000152. The third kappa shape index (κ3) is 9.05. The molecule has 2 N–H and O–H groups in total. The first kappa shape index (κ1) is 27.3. The molecule has 0 fully saturated rings. The van der Waals surface area contributed by atoms with Crippen molar-refractivity contribution < 1.29 is 30.1 Å². The van der Waals surface area contributed by atoms with Gasteiger partial charge in [-0.2, -0.15) is 0 Å². The van der Waals surface area contributed by atoms with Gasteiger partial charge in [0.15, 0.2) is 12.4 Å². The first-order valence-corrected chi connectivity index (χ1v) is 11.8. The predicted molar refractivity (Wildman–Crippen MR) is 145 cm³/mol. The summed E-state index contributed by atoms with van der Waals surface area (Å²) in [7, 11) is 0. The van der Waals surface area contributed by atoms with Gasteiger partial charge >= 0.3 is 0 Å². The molecular weight excluding hydrogens is 631 g/mol. The molecule has 0 aliphatic rings. The van der Waals surface area contributed by atoms with Crippen LogP contribution < -0.4 is 9.97 Å². The van der Waals surface area contributed by atoms with E-state index in [1.807, 2.05) is 116 Å². The number of H-pyrrole nitrogens is 2. The van der Waals surface area contributed by atoms with Gasteiger partial charge in [-0.15, -0.1) is 35.9 Å². The van der Waals surface area contributed by atoms with Crippen molar-refractivity contribution in [3.63, 3.8) is 0 Å². The Hall–Kier alpha value is -4.24. The number of hydrogen-bond donors (Lipinski definition) is 0. The van der Waals surface area contributed by atoms with Crippen molar-refractivity contribution >= 4 is 0 Å². The van der Waals surface area contributed by atoms with E-state index < -0.39 is 0 Å². The largest absolute Gasteiger partial charge is 0.305 e. The fraction of sp³-hybridized carbons (Fsp3) is 0. The Kier molecular flexibility index (Phi) is 11.6. The number of nitrogens with zero attached hydrogens (tertiary/aromatic N) is 1. The quantitative estimate of drug-likeness (QED) is 0.191. The molecule has 0 saturated carbocycles. The molecule has 3 nitrogen and oxygen atoms in total. The fourth-order valence-corrected chi connectivity index (χ4v) is 3.46. The molecule has 0 amide bonds. The molecule has 1 radical (unpaired) electrons. The van der Waals surface area contributed by atoms with Crippen molar-refractivity contribution in [1.82, 2.24) is 4.98 Å². The van der Waals surface area contributed by atoms with Gasteiger partial charge in [-0.3, -0.25) is 0 Å². The summed E-state index contributed by atoms with van der Waals surface area (Å²) in [4.78, 5) is 10.6. The second-order valence-corrected chi connectivity index (χ2v) is 7.78. The monoisotopic (exact) mass is 659 g/mol. The SMILES string of the molecule is [Ir].[c-]1ccccc1-c1ccccn1.c1ccc(-c2cccc[nH+]2)cc1.c1ccc(-c2cccc[nH+]2)cc1. The van der Waals surface area contributed by atoms with E-state index in [-0.39, 0.29) is 20.1 Å². The Bertz CT molecular complexity index is 1090. The molecular formula is C33H28IrN3+. The minimum atomic E-state index is 0. The van der Waals surface area contributed by atoms with Crippen LogP contribution >= 0.6 is 0 Å². The van der Waals surface area contributed by atoms with Gasteiger partial charge in [-0.1, -0.05) is 48.5 Å². The molecule has 0 aliphatic carbocycles. The van der Waals surface area contributed by atoms with E-state index >= 15 is 0 Å². The molecule has 3 heterocycles. The van der Waals surface area contributed by atoms with Gasteiger partial charge in [-0.25, -0.2) is 9.97 Å².